The second kappa shape index (κ2) is 5.88. The summed E-state index contributed by atoms with van der Waals surface area (Å²) in [6, 6.07) is 8.97. The molecule has 0 bridgehead atoms. The first kappa shape index (κ1) is 14.3. The van der Waals surface area contributed by atoms with Gasteiger partial charge in [0.05, 0.1) is 21.7 Å². The minimum absolute atomic E-state index is 0.252. The second-order valence-corrected chi connectivity index (χ2v) is 4.82. The Morgan fingerprint density at radius 3 is 2.75 bits per heavy atom. The molecule has 0 atom stereocenters. The number of halogens is 2. The third-order valence-corrected chi connectivity index (χ3v) is 3.09. The molecule has 2 aromatic rings. The maximum atomic E-state index is 13.3. The molecule has 0 aliphatic heterocycles. The first-order valence-electron chi connectivity index (χ1n) is 5.89. The van der Waals surface area contributed by atoms with Gasteiger partial charge < -0.3 is 5.32 Å². The first-order valence-corrected chi connectivity index (χ1v) is 6.27. The molecule has 1 N–H and O–H groups in total. The van der Waals surface area contributed by atoms with E-state index >= 15 is 0 Å². The highest BCUT2D eigenvalue weighted by Crippen LogP contribution is 2.24. The van der Waals surface area contributed by atoms with Crippen LogP contribution in [-0.4, -0.2) is 4.92 Å². The number of nitrogens with one attached hydrogen (secondary N) is 1. The lowest BCUT2D eigenvalue weighted by Gasteiger charge is -2.09. The summed E-state index contributed by atoms with van der Waals surface area (Å²) in [5.41, 5.74) is 1.95. The largest absolute Gasteiger partial charge is 0.380 e. The van der Waals surface area contributed by atoms with Gasteiger partial charge in [-0.05, 0) is 36.2 Å². The van der Waals surface area contributed by atoms with Crippen molar-refractivity contribution in [1.82, 2.24) is 0 Å². The van der Waals surface area contributed by atoms with E-state index in [4.69, 9.17) is 11.6 Å². The number of nitro groups is 1. The van der Waals surface area contributed by atoms with Crippen LogP contribution >= 0.6 is 11.6 Å². The van der Waals surface area contributed by atoms with Gasteiger partial charge in [-0.3, -0.25) is 10.1 Å². The van der Waals surface area contributed by atoms with Crippen molar-refractivity contribution >= 4 is 23.0 Å². The van der Waals surface area contributed by atoms with Crippen molar-refractivity contribution < 1.29 is 9.31 Å². The minimum atomic E-state index is -0.633. The summed E-state index contributed by atoms with van der Waals surface area (Å²) in [5.74, 6) is -0.633. The van der Waals surface area contributed by atoms with E-state index < -0.39 is 10.7 Å². The molecule has 0 saturated heterocycles. The van der Waals surface area contributed by atoms with E-state index in [0.717, 1.165) is 11.6 Å². The number of benzene rings is 2. The fraction of sp³-hybridized carbons (Fsp3) is 0.143. The molecular formula is C14H12ClFN2O2. The average Bonchev–Trinajstić information content (AvgIpc) is 2.39. The quantitative estimate of drug-likeness (QED) is 0.675. The molecule has 0 spiro atoms. The van der Waals surface area contributed by atoms with Crippen LogP contribution in [0, 0.1) is 22.9 Å². The van der Waals surface area contributed by atoms with Crippen LogP contribution in [0.3, 0.4) is 0 Å². The van der Waals surface area contributed by atoms with Gasteiger partial charge in [-0.1, -0.05) is 17.7 Å². The summed E-state index contributed by atoms with van der Waals surface area (Å²) in [6.07, 6.45) is 0. The van der Waals surface area contributed by atoms with Gasteiger partial charge in [0.15, 0.2) is 0 Å². The van der Waals surface area contributed by atoms with E-state index in [-0.39, 0.29) is 12.2 Å². The highest BCUT2D eigenvalue weighted by atomic mass is 35.5. The Morgan fingerprint density at radius 2 is 2.05 bits per heavy atom. The molecule has 0 unspecified atom stereocenters. The number of rotatable bonds is 4. The Kier molecular flexibility index (Phi) is 4.20. The summed E-state index contributed by atoms with van der Waals surface area (Å²) in [5, 5.41) is 14.3. The highest BCUT2D eigenvalue weighted by molar-refractivity contribution is 6.33. The van der Waals surface area contributed by atoms with Crippen LogP contribution in [0.5, 0.6) is 0 Å². The highest BCUT2D eigenvalue weighted by Gasteiger charge is 2.10. The molecule has 0 heterocycles. The smallest absolute Gasteiger partial charge is 0.272 e. The zero-order chi connectivity index (χ0) is 14.7. The fourth-order valence-electron chi connectivity index (χ4n) is 1.81. The van der Waals surface area contributed by atoms with E-state index in [0.29, 0.717) is 16.3 Å². The van der Waals surface area contributed by atoms with Crippen LogP contribution in [-0.2, 0) is 6.54 Å². The molecular weight excluding hydrogens is 283 g/mol. The Morgan fingerprint density at radius 1 is 1.30 bits per heavy atom. The van der Waals surface area contributed by atoms with Crippen molar-refractivity contribution in [1.29, 1.82) is 0 Å². The van der Waals surface area contributed by atoms with Crippen LogP contribution in [0.2, 0.25) is 5.02 Å². The van der Waals surface area contributed by atoms with Gasteiger partial charge in [-0.15, -0.1) is 0 Å². The zero-order valence-corrected chi connectivity index (χ0v) is 11.4. The number of hydrogen-bond acceptors (Lipinski definition) is 3. The SMILES string of the molecule is Cc1ccc(Cl)c(NCc2cc(F)cc([N+](=O)[O-])c2)c1. The molecule has 6 heteroatoms. The number of non-ortho nitro benzene ring substituents is 1. The molecule has 0 aliphatic carbocycles. The third kappa shape index (κ3) is 3.45. The number of nitrogens with zero attached hydrogens (tertiary/aromatic N) is 1. The molecule has 20 heavy (non-hydrogen) atoms. The average molecular weight is 295 g/mol. The Labute approximate surface area is 120 Å². The predicted octanol–water partition coefficient (Wildman–Crippen LogP) is 4.31. The van der Waals surface area contributed by atoms with Gasteiger partial charge in [0, 0.05) is 12.6 Å². The van der Waals surface area contributed by atoms with E-state index in [2.05, 4.69) is 5.32 Å². The summed E-state index contributed by atoms with van der Waals surface area (Å²) in [7, 11) is 0. The summed E-state index contributed by atoms with van der Waals surface area (Å²) in [6.45, 7) is 2.18. The molecule has 0 amide bonds. The monoisotopic (exact) mass is 294 g/mol. The lowest BCUT2D eigenvalue weighted by molar-refractivity contribution is -0.385. The molecule has 0 aromatic heterocycles. The molecule has 0 saturated carbocycles. The van der Waals surface area contributed by atoms with Crippen molar-refractivity contribution in [3.63, 3.8) is 0 Å². The molecule has 2 rings (SSSR count). The maximum absolute atomic E-state index is 13.3. The maximum Gasteiger partial charge on any atom is 0.272 e. The van der Waals surface area contributed by atoms with E-state index in [1.54, 1.807) is 6.07 Å². The van der Waals surface area contributed by atoms with E-state index in [1.807, 2.05) is 19.1 Å². The van der Waals surface area contributed by atoms with Gasteiger partial charge in [-0.25, -0.2) is 4.39 Å². The fourth-order valence-corrected chi connectivity index (χ4v) is 2.00. The van der Waals surface area contributed by atoms with Crippen molar-refractivity contribution in [2.45, 2.75) is 13.5 Å². The van der Waals surface area contributed by atoms with E-state index in [9.17, 15) is 14.5 Å². The van der Waals surface area contributed by atoms with Crippen molar-refractivity contribution in [2.75, 3.05) is 5.32 Å². The van der Waals surface area contributed by atoms with Crippen LogP contribution < -0.4 is 5.32 Å². The molecule has 0 fully saturated rings. The number of anilines is 1. The molecule has 0 aliphatic rings. The number of aryl methyl sites for hydroxylation is 1. The van der Waals surface area contributed by atoms with Crippen molar-refractivity contribution in [2.24, 2.45) is 0 Å². The van der Waals surface area contributed by atoms with Crippen molar-refractivity contribution in [3.8, 4) is 0 Å². The Balaban J connectivity index is 2.18. The third-order valence-electron chi connectivity index (χ3n) is 2.76. The van der Waals surface area contributed by atoms with Crippen LogP contribution in [0.1, 0.15) is 11.1 Å². The minimum Gasteiger partial charge on any atom is -0.380 e. The summed E-state index contributed by atoms with van der Waals surface area (Å²) >= 11 is 6.03. The topological polar surface area (TPSA) is 55.2 Å². The van der Waals surface area contributed by atoms with E-state index in [1.165, 1.54) is 12.1 Å². The Hall–Kier alpha value is -2.14. The van der Waals surface area contributed by atoms with Gasteiger partial charge in [0.25, 0.3) is 5.69 Å². The van der Waals surface area contributed by atoms with Crippen molar-refractivity contribution in [3.05, 3.63) is 68.5 Å². The predicted molar refractivity (Wildman–Crippen MR) is 76.6 cm³/mol. The standard InChI is InChI=1S/C14H12ClFN2O2/c1-9-2-3-13(15)14(4-9)17-8-10-5-11(16)7-12(6-10)18(19)20/h2-7,17H,8H2,1H3. The Bertz CT molecular complexity index is 662. The first-order chi connectivity index (χ1) is 9.45. The van der Waals surface area contributed by atoms with Gasteiger partial charge in [0.2, 0.25) is 0 Å². The second-order valence-electron chi connectivity index (χ2n) is 4.41. The molecule has 0 radical (unpaired) electrons. The molecule has 2 aromatic carbocycles. The van der Waals surface area contributed by atoms with Crippen LogP contribution in [0.4, 0.5) is 15.8 Å². The molecule has 104 valence electrons. The summed E-state index contributed by atoms with van der Waals surface area (Å²) in [4.78, 5) is 10.1. The normalized spacial score (nSPS) is 10.3. The molecule has 4 nitrogen and oxygen atoms in total. The van der Waals surface area contributed by atoms with Crippen LogP contribution in [0.15, 0.2) is 36.4 Å². The summed E-state index contributed by atoms with van der Waals surface area (Å²) < 4.78 is 13.3. The van der Waals surface area contributed by atoms with Crippen LogP contribution in [0.25, 0.3) is 0 Å². The lowest BCUT2D eigenvalue weighted by Crippen LogP contribution is -2.02. The van der Waals surface area contributed by atoms with Gasteiger partial charge in [-0.2, -0.15) is 0 Å². The number of hydrogen-bond donors (Lipinski definition) is 1. The zero-order valence-electron chi connectivity index (χ0n) is 10.7. The van der Waals surface area contributed by atoms with Gasteiger partial charge in [0.1, 0.15) is 5.82 Å². The number of nitro benzene ring substituents is 1. The lowest BCUT2D eigenvalue weighted by atomic mass is 10.1. The van der Waals surface area contributed by atoms with Gasteiger partial charge >= 0.3 is 0 Å².